The van der Waals surface area contributed by atoms with E-state index in [-0.39, 0.29) is 6.04 Å². The predicted octanol–water partition coefficient (Wildman–Crippen LogP) is 3.10. The van der Waals surface area contributed by atoms with Gasteiger partial charge in [0.05, 0.1) is 26.0 Å². The molecule has 0 radical (unpaired) electrons. The van der Waals surface area contributed by atoms with Gasteiger partial charge in [0.1, 0.15) is 5.76 Å². The monoisotopic (exact) mass is 320 g/mol. The standard InChI is InChI=1S/C17H21ClN2O2/c18-15-4-1-3-14(11-15)17(20-6-9-21-10-7-20)13-19-12-16-5-2-8-22-16/h1-5,8,11,17,19H,6-7,9-10,12-13H2. The van der Waals surface area contributed by atoms with Crippen LogP contribution in [0, 0.1) is 0 Å². The van der Waals surface area contributed by atoms with E-state index in [1.807, 2.05) is 24.3 Å². The molecule has 5 heteroatoms. The fraction of sp³-hybridized carbons (Fsp3) is 0.412. The van der Waals surface area contributed by atoms with Crippen LogP contribution in [-0.4, -0.2) is 37.7 Å². The van der Waals surface area contributed by atoms with Crippen LogP contribution in [-0.2, 0) is 11.3 Å². The third-order valence-corrected chi connectivity index (χ3v) is 4.17. The summed E-state index contributed by atoms with van der Waals surface area (Å²) in [6.45, 7) is 5.04. The van der Waals surface area contributed by atoms with Gasteiger partial charge in [-0.3, -0.25) is 4.90 Å². The Balaban J connectivity index is 1.67. The molecule has 1 saturated heterocycles. The minimum atomic E-state index is 0.289. The van der Waals surface area contributed by atoms with Gasteiger partial charge in [0.2, 0.25) is 0 Å². The average molecular weight is 321 g/mol. The van der Waals surface area contributed by atoms with Crippen LogP contribution in [0.1, 0.15) is 17.4 Å². The highest BCUT2D eigenvalue weighted by Gasteiger charge is 2.22. The molecule has 3 rings (SSSR count). The molecule has 1 N–H and O–H groups in total. The van der Waals surface area contributed by atoms with Crippen molar-refractivity contribution >= 4 is 11.6 Å². The Hall–Kier alpha value is -1.33. The molecule has 118 valence electrons. The number of nitrogens with zero attached hydrogens (tertiary/aromatic N) is 1. The number of ether oxygens (including phenoxy) is 1. The smallest absolute Gasteiger partial charge is 0.117 e. The summed E-state index contributed by atoms with van der Waals surface area (Å²) in [5, 5.41) is 4.26. The first-order valence-electron chi connectivity index (χ1n) is 7.63. The number of nitrogens with one attached hydrogen (secondary N) is 1. The lowest BCUT2D eigenvalue weighted by Crippen LogP contribution is -2.42. The molecule has 0 spiro atoms. The van der Waals surface area contributed by atoms with Crippen molar-refractivity contribution in [2.75, 3.05) is 32.8 Å². The van der Waals surface area contributed by atoms with E-state index in [1.54, 1.807) is 6.26 Å². The summed E-state index contributed by atoms with van der Waals surface area (Å²) in [4.78, 5) is 2.45. The number of morpholine rings is 1. The van der Waals surface area contributed by atoms with Gasteiger partial charge in [-0.15, -0.1) is 0 Å². The van der Waals surface area contributed by atoms with Gasteiger partial charge in [-0.1, -0.05) is 23.7 Å². The van der Waals surface area contributed by atoms with Gasteiger partial charge in [0.25, 0.3) is 0 Å². The summed E-state index contributed by atoms with van der Waals surface area (Å²) in [5.41, 5.74) is 1.24. The minimum absolute atomic E-state index is 0.289. The van der Waals surface area contributed by atoms with Gasteiger partial charge in [-0.05, 0) is 29.8 Å². The van der Waals surface area contributed by atoms with Crippen molar-refractivity contribution in [2.24, 2.45) is 0 Å². The number of benzene rings is 1. The first-order valence-corrected chi connectivity index (χ1v) is 8.01. The fourth-order valence-electron chi connectivity index (χ4n) is 2.81. The number of furan rings is 1. The topological polar surface area (TPSA) is 37.6 Å². The Morgan fingerprint density at radius 1 is 1.18 bits per heavy atom. The molecule has 0 bridgehead atoms. The summed E-state index contributed by atoms with van der Waals surface area (Å²) in [7, 11) is 0. The Kier molecular flexibility index (Phi) is 5.51. The molecule has 1 aliphatic rings. The van der Waals surface area contributed by atoms with Gasteiger partial charge in [0, 0.05) is 30.7 Å². The van der Waals surface area contributed by atoms with E-state index in [0.29, 0.717) is 0 Å². The van der Waals surface area contributed by atoms with Crippen molar-refractivity contribution in [1.82, 2.24) is 10.2 Å². The Morgan fingerprint density at radius 2 is 2.05 bits per heavy atom. The number of halogens is 1. The normalized spacial score (nSPS) is 17.5. The van der Waals surface area contributed by atoms with Crippen LogP contribution in [0.5, 0.6) is 0 Å². The first-order chi connectivity index (χ1) is 10.8. The van der Waals surface area contributed by atoms with Gasteiger partial charge < -0.3 is 14.5 Å². The van der Waals surface area contributed by atoms with Crippen LogP contribution in [0.3, 0.4) is 0 Å². The molecule has 1 aliphatic heterocycles. The fourth-order valence-corrected chi connectivity index (χ4v) is 3.00. The summed E-state index contributed by atoms with van der Waals surface area (Å²) in [5.74, 6) is 0.951. The summed E-state index contributed by atoms with van der Waals surface area (Å²) < 4.78 is 10.8. The van der Waals surface area contributed by atoms with Crippen molar-refractivity contribution in [2.45, 2.75) is 12.6 Å². The lowest BCUT2D eigenvalue weighted by atomic mass is 10.0. The van der Waals surface area contributed by atoms with Gasteiger partial charge in [-0.25, -0.2) is 0 Å². The zero-order valence-electron chi connectivity index (χ0n) is 12.5. The number of hydrogen-bond acceptors (Lipinski definition) is 4. The van der Waals surface area contributed by atoms with Crippen LogP contribution in [0.15, 0.2) is 47.1 Å². The van der Waals surface area contributed by atoms with Crippen molar-refractivity contribution < 1.29 is 9.15 Å². The summed E-state index contributed by atoms with van der Waals surface area (Å²) in [6, 6.07) is 12.3. The van der Waals surface area contributed by atoms with E-state index < -0.39 is 0 Å². The zero-order chi connectivity index (χ0) is 15.2. The van der Waals surface area contributed by atoms with E-state index >= 15 is 0 Å². The minimum Gasteiger partial charge on any atom is -0.468 e. The highest BCUT2D eigenvalue weighted by molar-refractivity contribution is 6.30. The van der Waals surface area contributed by atoms with Crippen molar-refractivity contribution in [1.29, 1.82) is 0 Å². The van der Waals surface area contributed by atoms with Gasteiger partial charge in [0.15, 0.2) is 0 Å². The lowest BCUT2D eigenvalue weighted by Gasteiger charge is -2.35. The molecule has 0 amide bonds. The molecule has 4 nitrogen and oxygen atoms in total. The number of rotatable bonds is 6. The highest BCUT2D eigenvalue weighted by atomic mass is 35.5. The number of hydrogen-bond donors (Lipinski definition) is 1. The van der Waals surface area contributed by atoms with Gasteiger partial charge in [-0.2, -0.15) is 0 Å². The van der Waals surface area contributed by atoms with Crippen LogP contribution < -0.4 is 5.32 Å². The Bertz CT molecular complexity index is 568. The zero-order valence-corrected chi connectivity index (χ0v) is 13.3. The van der Waals surface area contributed by atoms with Crippen molar-refractivity contribution in [3.05, 3.63) is 59.0 Å². The largest absolute Gasteiger partial charge is 0.468 e. The van der Waals surface area contributed by atoms with Crippen LogP contribution in [0.25, 0.3) is 0 Å². The molecule has 1 fully saturated rings. The molecule has 2 aromatic rings. The third-order valence-electron chi connectivity index (χ3n) is 3.94. The molecule has 2 heterocycles. The molecule has 22 heavy (non-hydrogen) atoms. The van der Waals surface area contributed by atoms with Gasteiger partial charge >= 0.3 is 0 Å². The molecule has 1 aromatic carbocycles. The summed E-state index contributed by atoms with van der Waals surface area (Å²) in [6.07, 6.45) is 1.70. The SMILES string of the molecule is Clc1cccc(C(CNCc2ccco2)N2CCOCC2)c1. The van der Waals surface area contributed by atoms with Crippen LogP contribution in [0.2, 0.25) is 5.02 Å². The maximum absolute atomic E-state index is 6.16. The molecular weight excluding hydrogens is 300 g/mol. The maximum atomic E-state index is 6.16. The Morgan fingerprint density at radius 3 is 2.77 bits per heavy atom. The second-order valence-corrected chi connectivity index (χ2v) is 5.87. The van der Waals surface area contributed by atoms with Crippen LogP contribution in [0.4, 0.5) is 0 Å². The van der Waals surface area contributed by atoms with E-state index in [2.05, 4.69) is 22.3 Å². The van der Waals surface area contributed by atoms with Crippen LogP contribution >= 0.6 is 11.6 Å². The van der Waals surface area contributed by atoms with E-state index in [0.717, 1.165) is 50.2 Å². The molecule has 0 saturated carbocycles. The highest BCUT2D eigenvalue weighted by Crippen LogP contribution is 2.24. The maximum Gasteiger partial charge on any atom is 0.117 e. The molecule has 1 aromatic heterocycles. The molecule has 1 atom stereocenters. The lowest BCUT2D eigenvalue weighted by molar-refractivity contribution is 0.0160. The Labute approximate surface area is 136 Å². The van der Waals surface area contributed by atoms with E-state index in [1.165, 1.54) is 5.56 Å². The predicted molar refractivity (Wildman–Crippen MR) is 87.0 cm³/mol. The quantitative estimate of drug-likeness (QED) is 0.887. The third kappa shape index (κ3) is 4.11. The van der Waals surface area contributed by atoms with E-state index in [9.17, 15) is 0 Å². The summed E-state index contributed by atoms with van der Waals surface area (Å²) >= 11 is 6.16. The average Bonchev–Trinajstić information content (AvgIpc) is 3.06. The first kappa shape index (κ1) is 15.6. The molecule has 1 unspecified atom stereocenters. The second-order valence-electron chi connectivity index (χ2n) is 5.43. The van der Waals surface area contributed by atoms with E-state index in [4.69, 9.17) is 20.8 Å². The second kappa shape index (κ2) is 7.79. The molecular formula is C17H21ClN2O2. The van der Waals surface area contributed by atoms with Crippen molar-refractivity contribution in [3.8, 4) is 0 Å². The molecule has 0 aliphatic carbocycles. The van der Waals surface area contributed by atoms with Crippen molar-refractivity contribution in [3.63, 3.8) is 0 Å².